The maximum absolute atomic E-state index is 12.5. The fourth-order valence-corrected chi connectivity index (χ4v) is 2.80. The summed E-state index contributed by atoms with van der Waals surface area (Å²) in [7, 11) is 1.75. The van der Waals surface area contributed by atoms with Crippen molar-refractivity contribution in [2.24, 2.45) is 0 Å². The molecule has 1 aliphatic heterocycles. The summed E-state index contributed by atoms with van der Waals surface area (Å²) in [5.74, 6) is 0.184. The molecule has 0 saturated carbocycles. The van der Waals surface area contributed by atoms with Gasteiger partial charge in [-0.25, -0.2) is 0 Å². The van der Waals surface area contributed by atoms with Gasteiger partial charge in [0, 0.05) is 23.7 Å². The fraction of sp³-hybridized carbons (Fsp3) is 0.533. The molecule has 1 aliphatic rings. The highest BCUT2D eigenvalue weighted by atomic mass is 79.9. The second kappa shape index (κ2) is 6.64. The number of ketones is 1. The van der Waals surface area contributed by atoms with Gasteiger partial charge in [0.1, 0.15) is 0 Å². The molecule has 3 nitrogen and oxygen atoms in total. The summed E-state index contributed by atoms with van der Waals surface area (Å²) >= 11 is 3.39. The highest BCUT2D eigenvalue weighted by molar-refractivity contribution is 9.10. The maximum atomic E-state index is 12.5. The summed E-state index contributed by atoms with van der Waals surface area (Å²) in [5.41, 5.74) is 0.773. The molecule has 0 spiro atoms. The molecule has 0 bridgehead atoms. The molecule has 4 heteroatoms. The first-order valence-corrected chi connectivity index (χ1v) is 7.47. The molecule has 19 heavy (non-hydrogen) atoms. The van der Waals surface area contributed by atoms with Gasteiger partial charge in [0.2, 0.25) is 0 Å². The number of benzene rings is 1. The van der Waals surface area contributed by atoms with E-state index in [1.807, 2.05) is 31.2 Å². The average Bonchev–Trinajstić information content (AvgIpc) is 2.46. The van der Waals surface area contributed by atoms with Crippen LogP contribution < -0.4 is 0 Å². The Balaban J connectivity index is 2.04. The van der Waals surface area contributed by atoms with Gasteiger partial charge in [-0.15, -0.1) is 0 Å². The molecule has 2 unspecified atom stereocenters. The third-order valence-corrected chi connectivity index (χ3v) is 4.33. The van der Waals surface area contributed by atoms with Gasteiger partial charge in [-0.3, -0.25) is 9.69 Å². The van der Waals surface area contributed by atoms with Crippen molar-refractivity contribution in [3.63, 3.8) is 0 Å². The Hall–Kier alpha value is -0.710. The van der Waals surface area contributed by atoms with E-state index >= 15 is 0 Å². The van der Waals surface area contributed by atoms with E-state index in [2.05, 4.69) is 20.8 Å². The van der Waals surface area contributed by atoms with Gasteiger partial charge in [0.05, 0.1) is 12.1 Å². The van der Waals surface area contributed by atoms with Gasteiger partial charge in [0.25, 0.3) is 0 Å². The van der Waals surface area contributed by atoms with E-state index < -0.39 is 0 Å². The highest BCUT2D eigenvalue weighted by Crippen LogP contribution is 2.18. The van der Waals surface area contributed by atoms with Crippen LogP contribution in [0.3, 0.4) is 0 Å². The number of methoxy groups -OCH3 is 1. The number of piperidine rings is 1. The summed E-state index contributed by atoms with van der Waals surface area (Å²) < 4.78 is 6.41. The molecule has 104 valence electrons. The smallest absolute Gasteiger partial charge is 0.179 e. The minimum Gasteiger partial charge on any atom is -0.380 e. The minimum absolute atomic E-state index is 0.0841. The standard InChI is InChI=1S/C15H20BrNO2/c1-11(17-9-3-4-14(10-17)19-2)15(18)12-5-7-13(16)8-6-12/h5-8,11,14H,3-4,9-10H2,1-2H3. The molecule has 1 aromatic carbocycles. The van der Waals surface area contributed by atoms with E-state index in [1.54, 1.807) is 7.11 Å². The lowest BCUT2D eigenvalue weighted by Crippen LogP contribution is -2.47. The van der Waals surface area contributed by atoms with Crippen LogP contribution in [0.25, 0.3) is 0 Å². The second-order valence-corrected chi connectivity index (χ2v) is 5.96. The van der Waals surface area contributed by atoms with Crippen LogP contribution in [0.15, 0.2) is 28.7 Å². The van der Waals surface area contributed by atoms with E-state index in [1.165, 1.54) is 0 Å². The molecule has 1 aromatic rings. The van der Waals surface area contributed by atoms with Gasteiger partial charge >= 0.3 is 0 Å². The van der Waals surface area contributed by atoms with Crippen LogP contribution >= 0.6 is 15.9 Å². The molecule has 1 saturated heterocycles. The quantitative estimate of drug-likeness (QED) is 0.796. The molecule has 1 fully saturated rings. The van der Waals surface area contributed by atoms with Crippen molar-refractivity contribution < 1.29 is 9.53 Å². The number of carbonyl (C=O) groups is 1. The lowest BCUT2D eigenvalue weighted by Gasteiger charge is -2.35. The van der Waals surface area contributed by atoms with Crippen LogP contribution in [0.1, 0.15) is 30.1 Å². The Morgan fingerprint density at radius 1 is 1.42 bits per heavy atom. The molecule has 0 aromatic heterocycles. The number of hydrogen-bond acceptors (Lipinski definition) is 3. The molecule has 1 heterocycles. The summed E-state index contributed by atoms with van der Waals surface area (Å²) in [4.78, 5) is 14.7. The van der Waals surface area contributed by atoms with Gasteiger partial charge < -0.3 is 4.74 Å². The zero-order chi connectivity index (χ0) is 13.8. The van der Waals surface area contributed by atoms with Gasteiger partial charge in [0.15, 0.2) is 5.78 Å². The second-order valence-electron chi connectivity index (χ2n) is 5.04. The van der Waals surface area contributed by atoms with E-state index in [9.17, 15) is 4.79 Å². The van der Waals surface area contributed by atoms with E-state index in [0.29, 0.717) is 0 Å². The lowest BCUT2D eigenvalue weighted by atomic mass is 10.0. The van der Waals surface area contributed by atoms with E-state index in [-0.39, 0.29) is 17.9 Å². The number of Topliss-reactive ketones (excluding diaryl/α,β-unsaturated/α-hetero) is 1. The Labute approximate surface area is 123 Å². The highest BCUT2D eigenvalue weighted by Gasteiger charge is 2.27. The summed E-state index contributed by atoms with van der Waals surface area (Å²) in [5, 5.41) is 0. The van der Waals surface area contributed by atoms with Gasteiger partial charge in [-0.05, 0) is 38.4 Å². The SMILES string of the molecule is COC1CCCN(C(C)C(=O)c2ccc(Br)cc2)C1. The van der Waals surface area contributed by atoms with Crippen LogP contribution in [0, 0.1) is 0 Å². The molecule has 0 amide bonds. The zero-order valence-corrected chi connectivity index (χ0v) is 13.0. The average molecular weight is 326 g/mol. The summed E-state index contributed by atoms with van der Waals surface area (Å²) in [6, 6.07) is 7.49. The molecule has 2 atom stereocenters. The third kappa shape index (κ3) is 3.65. The van der Waals surface area contributed by atoms with Crippen molar-refractivity contribution >= 4 is 21.7 Å². The van der Waals surface area contributed by atoms with E-state index in [0.717, 1.165) is 36.0 Å². The predicted molar refractivity (Wildman–Crippen MR) is 79.5 cm³/mol. The van der Waals surface area contributed by atoms with Crippen molar-refractivity contribution in [3.05, 3.63) is 34.3 Å². The topological polar surface area (TPSA) is 29.5 Å². The number of halogens is 1. The van der Waals surface area contributed by atoms with Crippen molar-refractivity contribution in [1.82, 2.24) is 4.90 Å². The largest absolute Gasteiger partial charge is 0.380 e. The predicted octanol–water partition coefficient (Wildman–Crippen LogP) is 3.13. The fourth-order valence-electron chi connectivity index (χ4n) is 2.53. The third-order valence-electron chi connectivity index (χ3n) is 3.80. The van der Waals surface area contributed by atoms with Crippen LogP contribution in [-0.2, 0) is 4.74 Å². The van der Waals surface area contributed by atoms with Crippen molar-refractivity contribution in [1.29, 1.82) is 0 Å². The number of carbonyl (C=O) groups excluding carboxylic acids is 1. The van der Waals surface area contributed by atoms with Gasteiger partial charge in [-0.1, -0.05) is 28.1 Å². The summed E-state index contributed by atoms with van der Waals surface area (Å²) in [6.07, 6.45) is 2.44. The maximum Gasteiger partial charge on any atom is 0.179 e. The van der Waals surface area contributed by atoms with Crippen molar-refractivity contribution in [2.75, 3.05) is 20.2 Å². The lowest BCUT2D eigenvalue weighted by molar-refractivity contribution is 0.0182. The van der Waals surface area contributed by atoms with Crippen LogP contribution in [0.2, 0.25) is 0 Å². The van der Waals surface area contributed by atoms with Crippen LogP contribution in [0.5, 0.6) is 0 Å². The number of rotatable bonds is 4. The summed E-state index contributed by atoms with van der Waals surface area (Å²) in [6.45, 7) is 3.81. The first-order valence-electron chi connectivity index (χ1n) is 6.68. The van der Waals surface area contributed by atoms with Gasteiger partial charge in [-0.2, -0.15) is 0 Å². The Morgan fingerprint density at radius 3 is 2.74 bits per heavy atom. The van der Waals surface area contributed by atoms with E-state index in [4.69, 9.17) is 4.74 Å². The number of ether oxygens (including phenoxy) is 1. The number of likely N-dealkylation sites (tertiary alicyclic amines) is 1. The number of nitrogens with zero attached hydrogens (tertiary/aromatic N) is 1. The molecular weight excluding hydrogens is 306 g/mol. The zero-order valence-electron chi connectivity index (χ0n) is 11.4. The monoisotopic (exact) mass is 325 g/mol. The number of hydrogen-bond donors (Lipinski definition) is 0. The Bertz CT molecular complexity index is 432. The van der Waals surface area contributed by atoms with Crippen LogP contribution in [0.4, 0.5) is 0 Å². The van der Waals surface area contributed by atoms with Crippen molar-refractivity contribution in [3.8, 4) is 0 Å². The Kier molecular flexibility index (Phi) is 5.13. The molecule has 2 rings (SSSR count). The molecular formula is C15H20BrNO2. The minimum atomic E-state index is -0.0841. The van der Waals surface area contributed by atoms with Crippen LogP contribution in [-0.4, -0.2) is 43.0 Å². The molecule has 0 N–H and O–H groups in total. The first kappa shape index (κ1) is 14.7. The molecule has 0 aliphatic carbocycles. The first-order chi connectivity index (χ1) is 9.11. The Morgan fingerprint density at radius 2 is 2.11 bits per heavy atom. The van der Waals surface area contributed by atoms with Crippen molar-refractivity contribution in [2.45, 2.75) is 31.9 Å². The molecule has 0 radical (unpaired) electrons. The normalized spacial score (nSPS) is 22.2.